The van der Waals surface area contributed by atoms with Crippen molar-refractivity contribution in [3.05, 3.63) is 106 Å². The number of nitrogens with zero attached hydrogens (tertiary/aromatic N) is 1. The number of methoxy groups -OCH3 is 2. The number of carbonyl (C=O) groups is 1. The molecule has 0 aliphatic rings. The number of aromatic carboxylic acids is 1. The van der Waals surface area contributed by atoms with E-state index in [9.17, 15) is 36.9 Å². The lowest BCUT2D eigenvalue weighted by Gasteiger charge is -2.13. The Morgan fingerprint density at radius 3 is 2.05 bits per heavy atom. The van der Waals surface area contributed by atoms with Gasteiger partial charge in [-0.3, -0.25) is 14.8 Å². The number of nitrogens with one attached hydrogen (secondary N) is 2. The summed E-state index contributed by atoms with van der Waals surface area (Å²) in [4.78, 5) is 21.7. The Balaban J connectivity index is 1.46. The summed E-state index contributed by atoms with van der Waals surface area (Å²) in [6.07, 6.45) is 0. The Morgan fingerprint density at radius 1 is 0.818 bits per heavy atom. The van der Waals surface area contributed by atoms with E-state index in [1.165, 1.54) is 38.5 Å². The van der Waals surface area contributed by atoms with Crippen molar-refractivity contribution in [1.29, 1.82) is 0 Å². The van der Waals surface area contributed by atoms with Crippen LogP contribution in [0.4, 0.5) is 11.4 Å². The zero-order valence-electron chi connectivity index (χ0n) is 23.1. The molecule has 3 N–H and O–H groups in total. The molecule has 0 aliphatic heterocycles. The van der Waals surface area contributed by atoms with Crippen LogP contribution in [0.1, 0.15) is 15.9 Å². The number of carboxylic acids is 1. The number of carboxylic acid groups (broad SMARTS) is 1. The summed E-state index contributed by atoms with van der Waals surface area (Å²) in [7, 11) is -5.46. The van der Waals surface area contributed by atoms with Gasteiger partial charge in [-0.25, -0.2) is 26.4 Å². The average Bonchev–Trinajstić information content (AvgIpc) is 3.01. The molecule has 0 saturated carbocycles. The molecule has 0 heterocycles. The van der Waals surface area contributed by atoms with Gasteiger partial charge in [0.1, 0.15) is 27.9 Å². The van der Waals surface area contributed by atoms with E-state index in [-0.39, 0.29) is 39.2 Å². The van der Waals surface area contributed by atoms with Crippen molar-refractivity contribution in [2.75, 3.05) is 18.9 Å². The quantitative estimate of drug-likeness (QED) is 0.138. The third-order valence-corrected chi connectivity index (χ3v) is 8.91. The van der Waals surface area contributed by atoms with Gasteiger partial charge in [0.2, 0.25) is 10.0 Å². The largest absolute Gasteiger partial charge is 0.497 e. The van der Waals surface area contributed by atoms with Crippen molar-refractivity contribution in [2.45, 2.75) is 16.3 Å². The molecule has 0 aromatic heterocycles. The summed E-state index contributed by atoms with van der Waals surface area (Å²) in [5, 5.41) is 20.5. The van der Waals surface area contributed by atoms with Crippen LogP contribution < -0.4 is 23.7 Å². The van der Waals surface area contributed by atoms with E-state index < -0.39 is 36.5 Å². The molecule has 44 heavy (non-hydrogen) atoms. The minimum atomic E-state index is -4.27. The van der Waals surface area contributed by atoms with Crippen molar-refractivity contribution in [1.82, 2.24) is 4.72 Å². The summed E-state index contributed by atoms with van der Waals surface area (Å²) >= 11 is 0. The number of benzene rings is 4. The average molecular weight is 644 g/mol. The van der Waals surface area contributed by atoms with Crippen molar-refractivity contribution in [2.24, 2.45) is 0 Å². The molecule has 0 aliphatic carbocycles. The Bertz CT molecular complexity index is 1910. The molecule has 0 fully saturated rings. The zero-order valence-corrected chi connectivity index (χ0v) is 24.7. The van der Waals surface area contributed by atoms with Crippen LogP contribution in [0.3, 0.4) is 0 Å². The molecular formula is C28H25N3O11S2. The fourth-order valence-corrected chi connectivity index (χ4v) is 6.14. The summed E-state index contributed by atoms with van der Waals surface area (Å²) in [5.41, 5.74) is -0.379. The maximum absolute atomic E-state index is 12.9. The number of non-ortho nitro benzene ring substituents is 1. The summed E-state index contributed by atoms with van der Waals surface area (Å²) in [6, 6.07) is 18.5. The topological polar surface area (TPSA) is 200 Å². The van der Waals surface area contributed by atoms with E-state index in [0.717, 1.165) is 30.3 Å². The van der Waals surface area contributed by atoms with E-state index >= 15 is 0 Å². The van der Waals surface area contributed by atoms with Gasteiger partial charge in [-0.1, -0.05) is 12.1 Å². The number of ether oxygens (including phenoxy) is 3. The van der Waals surface area contributed by atoms with Crippen molar-refractivity contribution in [3.63, 3.8) is 0 Å². The van der Waals surface area contributed by atoms with Crippen LogP contribution in [0.15, 0.2) is 94.7 Å². The first kappa shape index (κ1) is 31.7. The number of nitro groups is 1. The molecule has 0 amide bonds. The highest BCUT2D eigenvalue weighted by molar-refractivity contribution is 7.92. The van der Waals surface area contributed by atoms with Gasteiger partial charge in [0.25, 0.3) is 15.7 Å². The predicted octanol–water partition coefficient (Wildman–Crippen LogP) is 4.38. The Morgan fingerprint density at radius 2 is 1.45 bits per heavy atom. The molecular weight excluding hydrogens is 618 g/mol. The van der Waals surface area contributed by atoms with E-state index in [1.54, 1.807) is 30.3 Å². The molecule has 14 nitrogen and oxygen atoms in total. The second kappa shape index (κ2) is 13.0. The summed E-state index contributed by atoms with van der Waals surface area (Å²) in [5.74, 6) is -0.574. The van der Waals surface area contributed by atoms with Crippen molar-refractivity contribution >= 4 is 37.4 Å². The van der Waals surface area contributed by atoms with Crippen LogP contribution in [0, 0.1) is 10.1 Å². The molecule has 230 valence electrons. The maximum atomic E-state index is 12.9. The standard InChI is InChI=1S/C28H25N3O11S2/c1-40-21-10-14-26(41-2)27(16-21)44(38,39)29-17-18-3-7-20(8-4-18)42-22-9-13-25(24(15-22)28(32)33)30-43(36,37)23-11-5-19(6-12-23)31(34)35/h3-16,29-30H,17H2,1-2H3,(H,32,33). The van der Waals surface area contributed by atoms with Crippen molar-refractivity contribution < 1.29 is 45.9 Å². The van der Waals surface area contributed by atoms with E-state index in [4.69, 9.17) is 14.2 Å². The van der Waals surface area contributed by atoms with Gasteiger partial charge in [-0.2, -0.15) is 0 Å². The minimum absolute atomic E-state index is 0.0598. The number of nitro benzene ring substituents is 1. The van der Waals surface area contributed by atoms with Gasteiger partial charge in [0, 0.05) is 24.7 Å². The molecule has 16 heteroatoms. The number of sulfonamides is 2. The van der Waals surface area contributed by atoms with Gasteiger partial charge < -0.3 is 19.3 Å². The molecule has 4 rings (SSSR count). The van der Waals surface area contributed by atoms with Crippen LogP contribution in [-0.2, 0) is 26.6 Å². The zero-order chi connectivity index (χ0) is 32.1. The molecule has 4 aromatic rings. The first-order valence-electron chi connectivity index (χ1n) is 12.5. The minimum Gasteiger partial charge on any atom is -0.497 e. The number of rotatable bonds is 13. The van der Waals surface area contributed by atoms with E-state index in [0.29, 0.717) is 17.1 Å². The Hall–Kier alpha value is -5.19. The van der Waals surface area contributed by atoms with Crippen LogP contribution in [-0.4, -0.2) is 47.1 Å². The lowest BCUT2D eigenvalue weighted by atomic mass is 10.1. The molecule has 0 spiro atoms. The van der Waals surface area contributed by atoms with Crippen LogP contribution >= 0.6 is 0 Å². The van der Waals surface area contributed by atoms with Crippen LogP contribution in [0.5, 0.6) is 23.0 Å². The fourth-order valence-electron chi connectivity index (χ4n) is 3.87. The highest BCUT2D eigenvalue weighted by atomic mass is 32.2. The first-order chi connectivity index (χ1) is 20.8. The smallest absolute Gasteiger partial charge is 0.337 e. The molecule has 0 unspecified atom stereocenters. The van der Waals surface area contributed by atoms with Gasteiger partial charge >= 0.3 is 5.97 Å². The molecule has 0 radical (unpaired) electrons. The Kier molecular flexibility index (Phi) is 9.37. The maximum Gasteiger partial charge on any atom is 0.337 e. The monoisotopic (exact) mass is 643 g/mol. The van der Waals surface area contributed by atoms with Crippen LogP contribution in [0.25, 0.3) is 0 Å². The van der Waals surface area contributed by atoms with Gasteiger partial charge in [0.15, 0.2) is 0 Å². The lowest BCUT2D eigenvalue weighted by Crippen LogP contribution is -2.23. The molecule has 0 atom stereocenters. The predicted molar refractivity (Wildman–Crippen MR) is 157 cm³/mol. The SMILES string of the molecule is COc1ccc(OC)c(S(=O)(=O)NCc2ccc(Oc3ccc(NS(=O)(=O)c4ccc([N+](=O)[O-])cc4)c(C(=O)O)c3)cc2)c1. The number of anilines is 1. The summed E-state index contributed by atoms with van der Waals surface area (Å²) in [6.45, 7) is -0.0598. The molecule has 4 aromatic carbocycles. The molecule has 0 saturated heterocycles. The highest BCUT2D eigenvalue weighted by Crippen LogP contribution is 2.30. The fraction of sp³-hybridized carbons (Fsp3) is 0.107. The second-order valence-corrected chi connectivity index (χ2v) is 12.4. The van der Waals surface area contributed by atoms with Crippen LogP contribution in [0.2, 0.25) is 0 Å². The second-order valence-electron chi connectivity index (χ2n) is 8.96. The molecule has 0 bridgehead atoms. The van der Waals surface area contributed by atoms with E-state index in [1.807, 2.05) is 0 Å². The number of hydrogen-bond acceptors (Lipinski definition) is 10. The normalized spacial score (nSPS) is 11.4. The highest BCUT2D eigenvalue weighted by Gasteiger charge is 2.22. The third kappa shape index (κ3) is 7.41. The Labute approximate surface area is 252 Å². The third-order valence-electron chi connectivity index (χ3n) is 6.11. The summed E-state index contributed by atoms with van der Waals surface area (Å²) < 4.78 is 72.0. The van der Waals surface area contributed by atoms with Crippen molar-refractivity contribution in [3.8, 4) is 23.0 Å². The number of hydrogen-bond donors (Lipinski definition) is 3. The van der Waals surface area contributed by atoms with Gasteiger partial charge in [-0.15, -0.1) is 0 Å². The lowest BCUT2D eigenvalue weighted by molar-refractivity contribution is -0.384. The first-order valence-corrected chi connectivity index (χ1v) is 15.4. The van der Waals surface area contributed by atoms with E-state index in [2.05, 4.69) is 9.44 Å². The van der Waals surface area contributed by atoms with Gasteiger partial charge in [0.05, 0.1) is 35.3 Å². The van der Waals surface area contributed by atoms with Gasteiger partial charge in [-0.05, 0) is 60.2 Å².